The van der Waals surface area contributed by atoms with E-state index in [4.69, 9.17) is 9.47 Å². The number of hydrogen-bond acceptors (Lipinski definition) is 5. The van der Waals surface area contributed by atoms with Crippen molar-refractivity contribution >= 4 is 0 Å². The molecule has 2 aromatic rings. The molecule has 138 valence electrons. The highest BCUT2D eigenvalue weighted by Crippen LogP contribution is 2.36. The smallest absolute Gasteiger partial charge is 0.231 e. The standard InChI is InChI=1S/C21H27N3O2/c1-23(10-5-17-4-2-7-22-14-17)8-3-9-24-11-6-18-12-20-21(26-16-25-20)13-19(18)15-24/h2,4,7,12-14H,3,5-6,8-11,15-16H2,1H3. The van der Waals surface area contributed by atoms with Crippen molar-refractivity contribution in [3.05, 3.63) is 53.3 Å². The monoisotopic (exact) mass is 353 g/mol. The van der Waals surface area contributed by atoms with E-state index in [1.54, 1.807) is 0 Å². The van der Waals surface area contributed by atoms with Gasteiger partial charge in [0.15, 0.2) is 11.5 Å². The van der Waals surface area contributed by atoms with Crippen molar-refractivity contribution in [1.29, 1.82) is 0 Å². The fraction of sp³-hybridized carbons (Fsp3) is 0.476. The van der Waals surface area contributed by atoms with Gasteiger partial charge in [0.1, 0.15) is 0 Å². The first-order valence-electron chi connectivity index (χ1n) is 9.49. The molecule has 0 saturated carbocycles. The number of fused-ring (bicyclic) bond motifs is 2. The van der Waals surface area contributed by atoms with Crippen LogP contribution in [-0.4, -0.2) is 54.8 Å². The highest BCUT2D eigenvalue weighted by atomic mass is 16.7. The van der Waals surface area contributed by atoms with Crippen molar-refractivity contribution < 1.29 is 9.47 Å². The van der Waals surface area contributed by atoms with Crippen molar-refractivity contribution in [2.24, 2.45) is 0 Å². The van der Waals surface area contributed by atoms with Gasteiger partial charge in [0.2, 0.25) is 6.79 Å². The second-order valence-corrected chi connectivity index (χ2v) is 7.27. The van der Waals surface area contributed by atoms with Gasteiger partial charge in [0.25, 0.3) is 0 Å². The Kier molecular flexibility index (Phi) is 5.37. The van der Waals surface area contributed by atoms with Crippen molar-refractivity contribution in [3.8, 4) is 11.5 Å². The molecule has 4 rings (SSSR count). The van der Waals surface area contributed by atoms with E-state index in [0.717, 1.165) is 57.1 Å². The summed E-state index contributed by atoms with van der Waals surface area (Å²) in [6, 6.07) is 8.50. The average molecular weight is 353 g/mol. The zero-order valence-corrected chi connectivity index (χ0v) is 15.5. The van der Waals surface area contributed by atoms with Crippen LogP contribution >= 0.6 is 0 Å². The molecular formula is C21H27N3O2. The lowest BCUT2D eigenvalue weighted by Gasteiger charge is -2.29. The van der Waals surface area contributed by atoms with Crippen molar-refractivity contribution in [1.82, 2.24) is 14.8 Å². The molecule has 0 bridgehead atoms. The van der Waals surface area contributed by atoms with E-state index in [2.05, 4.69) is 40.0 Å². The number of aromatic nitrogens is 1. The first kappa shape index (κ1) is 17.3. The zero-order valence-electron chi connectivity index (χ0n) is 15.5. The zero-order chi connectivity index (χ0) is 17.8. The highest BCUT2D eigenvalue weighted by molar-refractivity contribution is 5.49. The molecule has 0 spiro atoms. The van der Waals surface area contributed by atoms with E-state index in [0.29, 0.717) is 6.79 Å². The summed E-state index contributed by atoms with van der Waals surface area (Å²) in [4.78, 5) is 9.16. The predicted molar refractivity (Wildman–Crippen MR) is 102 cm³/mol. The van der Waals surface area contributed by atoms with Gasteiger partial charge in [-0.1, -0.05) is 6.07 Å². The van der Waals surface area contributed by atoms with Crippen molar-refractivity contribution in [3.63, 3.8) is 0 Å². The molecule has 1 aromatic carbocycles. The molecule has 26 heavy (non-hydrogen) atoms. The third-order valence-corrected chi connectivity index (χ3v) is 5.31. The minimum Gasteiger partial charge on any atom is -0.454 e. The summed E-state index contributed by atoms with van der Waals surface area (Å²) in [6.07, 6.45) is 7.16. The van der Waals surface area contributed by atoms with E-state index in [1.165, 1.54) is 23.1 Å². The Morgan fingerprint density at radius 2 is 2.00 bits per heavy atom. The number of rotatable bonds is 7. The van der Waals surface area contributed by atoms with Crippen LogP contribution in [0, 0.1) is 0 Å². The number of pyridine rings is 1. The van der Waals surface area contributed by atoms with Crippen LogP contribution in [0.4, 0.5) is 0 Å². The SMILES string of the molecule is CN(CCCN1CCc2cc3c(cc2C1)OCO3)CCc1cccnc1. The van der Waals surface area contributed by atoms with E-state index >= 15 is 0 Å². The Morgan fingerprint density at radius 1 is 1.15 bits per heavy atom. The molecular weight excluding hydrogens is 326 g/mol. The van der Waals surface area contributed by atoms with E-state index in [9.17, 15) is 0 Å². The average Bonchev–Trinajstić information content (AvgIpc) is 3.12. The summed E-state index contributed by atoms with van der Waals surface area (Å²) in [7, 11) is 2.21. The van der Waals surface area contributed by atoms with Crippen LogP contribution in [0.5, 0.6) is 11.5 Å². The van der Waals surface area contributed by atoms with Gasteiger partial charge < -0.3 is 14.4 Å². The minimum atomic E-state index is 0.354. The molecule has 0 saturated heterocycles. The first-order valence-corrected chi connectivity index (χ1v) is 9.49. The van der Waals surface area contributed by atoms with Crippen molar-refractivity contribution in [2.75, 3.05) is 40.0 Å². The lowest BCUT2D eigenvalue weighted by Crippen LogP contribution is -2.33. The van der Waals surface area contributed by atoms with Crippen LogP contribution in [-0.2, 0) is 19.4 Å². The lowest BCUT2D eigenvalue weighted by atomic mass is 9.99. The normalized spacial score (nSPS) is 16.1. The molecule has 0 radical (unpaired) electrons. The number of nitrogens with zero attached hydrogens (tertiary/aromatic N) is 3. The fourth-order valence-corrected chi connectivity index (χ4v) is 3.74. The maximum Gasteiger partial charge on any atom is 0.231 e. The molecule has 0 atom stereocenters. The maximum atomic E-state index is 5.52. The number of ether oxygens (including phenoxy) is 2. The number of benzene rings is 1. The molecule has 3 heterocycles. The van der Waals surface area contributed by atoms with Crippen LogP contribution in [0.25, 0.3) is 0 Å². The van der Waals surface area contributed by atoms with Gasteiger partial charge in [-0.3, -0.25) is 9.88 Å². The molecule has 5 heteroatoms. The quantitative estimate of drug-likeness (QED) is 0.765. The second-order valence-electron chi connectivity index (χ2n) is 7.27. The van der Waals surface area contributed by atoms with Crippen LogP contribution in [0.3, 0.4) is 0 Å². The Labute approximate surface area is 155 Å². The van der Waals surface area contributed by atoms with Gasteiger partial charge in [-0.05, 0) is 74.3 Å². The summed E-state index contributed by atoms with van der Waals surface area (Å²) in [5.41, 5.74) is 4.12. The summed E-state index contributed by atoms with van der Waals surface area (Å²) in [6.45, 7) is 5.86. The Bertz CT molecular complexity index is 736. The number of likely N-dealkylation sites (N-methyl/N-ethyl adjacent to an activating group) is 1. The molecule has 1 aromatic heterocycles. The van der Waals surface area contributed by atoms with Gasteiger partial charge in [-0.2, -0.15) is 0 Å². The van der Waals surface area contributed by atoms with E-state index in [-0.39, 0.29) is 0 Å². The predicted octanol–water partition coefficient (Wildman–Crippen LogP) is 2.73. The van der Waals surface area contributed by atoms with Gasteiger partial charge >= 0.3 is 0 Å². The second kappa shape index (κ2) is 8.06. The van der Waals surface area contributed by atoms with Crippen LogP contribution < -0.4 is 9.47 Å². The van der Waals surface area contributed by atoms with Gasteiger partial charge in [-0.25, -0.2) is 0 Å². The highest BCUT2D eigenvalue weighted by Gasteiger charge is 2.22. The maximum absolute atomic E-state index is 5.52. The van der Waals surface area contributed by atoms with E-state index < -0.39 is 0 Å². The fourth-order valence-electron chi connectivity index (χ4n) is 3.74. The summed E-state index contributed by atoms with van der Waals surface area (Å²) < 4.78 is 11.0. The van der Waals surface area contributed by atoms with Crippen molar-refractivity contribution in [2.45, 2.75) is 25.8 Å². The third-order valence-electron chi connectivity index (χ3n) is 5.31. The van der Waals surface area contributed by atoms with Gasteiger partial charge in [0.05, 0.1) is 0 Å². The Hall–Kier alpha value is -2.11. The molecule has 0 aliphatic carbocycles. The Balaban J connectivity index is 1.21. The summed E-state index contributed by atoms with van der Waals surface area (Å²) >= 11 is 0. The van der Waals surface area contributed by atoms with Gasteiger partial charge in [-0.15, -0.1) is 0 Å². The molecule has 5 nitrogen and oxygen atoms in total. The molecule has 0 unspecified atom stereocenters. The van der Waals surface area contributed by atoms with E-state index in [1.807, 2.05) is 18.5 Å². The molecule has 0 N–H and O–H groups in total. The Morgan fingerprint density at radius 3 is 2.81 bits per heavy atom. The number of hydrogen-bond donors (Lipinski definition) is 0. The molecule has 0 fully saturated rings. The molecule has 2 aliphatic heterocycles. The van der Waals surface area contributed by atoms with Crippen LogP contribution in [0.1, 0.15) is 23.1 Å². The van der Waals surface area contributed by atoms with Crippen LogP contribution in [0.15, 0.2) is 36.7 Å². The lowest BCUT2D eigenvalue weighted by molar-refractivity contribution is 0.174. The largest absolute Gasteiger partial charge is 0.454 e. The summed E-state index contributed by atoms with van der Waals surface area (Å²) in [5, 5.41) is 0. The summed E-state index contributed by atoms with van der Waals surface area (Å²) in [5.74, 6) is 1.81. The minimum absolute atomic E-state index is 0.354. The first-order chi connectivity index (χ1) is 12.8. The molecule has 0 amide bonds. The van der Waals surface area contributed by atoms with Gasteiger partial charge in [0, 0.05) is 32.0 Å². The topological polar surface area (TPSA) is 37.8 Å². The van der Waals surface area contributed by atoms with Crippen LogP contribution in [0.2, 0.25) is 0 Å². The third kappa shape index (κ3) is 4.17. The molecule has 2 aliphatic rings.